The highest BCUT2D eigenvalue weighted by Crippen LogP contribution is 2.28. The highest BCUT2D eigenvalue weighted by atomic mass is 35.5. The number of carboxylic acid groups (broad SMARTS) is 1. The number of aliphatic carboxylic acids is 1. The van der Waals surface area contributed by atoms with Crippen LogP contribution in [0.4, 0.5) is 11.4 Å². The van der Waals surface area contributed by atoms with E-state index in [2.05, 4.69) is 4.72 Å². The molecule has 2 aromatic rings. The average Bonchev–Trinajstić information content (AvgIpc) is 2.96. The van der Waals surface area contributed by atoms with Crippen molar-refractivity contribution < 1.29 is 23.1 Å². The van der Waals surface area contributed by atoms with Crippen LogP contribution in [0.25, 0.3) is 0 Å². The zero-order valence-electron chi connectivity index (χ0n) is 13.7. The van der Waals surface area contributed by atoms with E-state index < -0.39 is 21.9 Å². The number of amides is 1. The molecule has 1 heterocycles. The number of hydrogen-bond acceptors (Lipinski definition) is 4. The van der Waals surface area contributed by atoms with Crippen LogP contribution in [-0.2, 0) is 19.6 Å². The standard InChI is InChI=1S/C17H14Cl2N2O5S/c18-11-6-12(19)8-13(7-11)20-27(25,26)15-3-1-14(2-4-15)21-9-10(17(23)24)5-16(21)22/h1-4,6-8,10,20H,5,9H2,(H,23,24)/t10-/m0/s1. The topological polar surface area (TPSA) is 104 Å². The van der Waals surface area contributed by atoms with Gasteiger partial charge in [0.05, 0.1) is 16.5 Å². The van der Waals surface area contributed by atoms with Gasteiger partial charge >= 0.3 is 5.97 Å². The van der Waals surface area contributed by atoms with Crippen molar-refractivity contribution in [2.24, 2.45) is 5.92 Å². The summed E-state index contributed by atoms with van der Waals surface area (Å²) in [4.78, 5) is 24.3. The summed E-state index contributed by atoms with van der Waals surface area (Å²) in [5.74, 6) is -2.12. The van der Waals surface area contributed by atoms with Gasteiger partial charge in [-0.05, 0) is 42.5 Å². The van der Waals surface area contributed by atoms with Gasteiger partial charge in [-0.25, -0.2) is 8.42 Å². The number of carbonyl (C=O) groups is 2. The van der Waals surface area contributed by atoms with Crippen LogP contribution in [0.1, 0.15) is 6.42 Å². The highest BCUT2D eigenvalue weighted by molar-refractivity contribution is 7.92. The Bertz CT molecular complexity index is 988. The molecule has 0 bridgehead atoms. The summed E-state index contributed by atoms with van der Waals surface area (Å²) in [6.45, 7) is 0.0551. The van der Waals surface area contributed by atoms with Crippen molar-refractivity contribution in [3.63, 3.8) is 0 Å². The Hall–Kier alpha value is -2.29. The van der Waals surface area contributed by atoms with Gasteiger partial charge in [-0.3, -0.25) is 14.3 Å². The number of carbonyl (C=O) groups excluding carboxylic acids is 1. The third kappa shape index (κ3) is 4.35. The molecule has 10 heteroatoms. The predicted molar refractivity (Wildman–Crippen MR) is 102 cm³/mol. The molecule has 0 radical (unpaired) electrons. The molecule has 3 rings (SSSR count). The number of nitrogens with one attached hydrogen (secondary N) is 1. The van der Waals surface area contributed by atoms with Crippen molar-refractivity contribution >= 4 is 56.5 Å². The lowest BCUT2D eigenvalue weighted by Gasteiger charge is -2.16. The Labute approximate surface area is 165 Å². The average molecular weight is 429 g/mol. The van der Waals surface area contributed by atoms with E-state index in [4.69, 9.17) is 28.3 Å². The molecule has 1 aliphatic heterocycles. The first-order valence-electron chi connectivity index (χ1n) is 7.78. The maximum atomic E-state index is 12.5. The van der Waals surface area contributed by atoms with Crippen LogP contribution >= 0.6 is 23.2 Å². The summed E-state index contributed by atoms with van der Waals surface area (Å²) in [6, 6.07) is 9.93. The largest absolute Gasteiger partial charge is 0.481 e. The lowest BCUT2D eigenvalue weighted by atomic mass is 10.1. The Morgan fingerprint density at radius 1 is 1.11 bits per heavy atom. The number of carboxylic acids is 1. The fourth-order valence-corrected chi connectivity index (χ4v) is 4.32. The maximum absolute atomic E-state index is 12.5. The molecule has 0 aliphatic carbocycles. The third-order valence-electron chi connectivity index (χ3n) is 4.05. The summed E-state index contributed by atoms with van der Waals surface area (Å²) < 4.78 is 27.4. The molecule has 0 saturated carbocycles. The number of nitrogens with zero attached hydrogens (tertiary/aromatic N) is 1. The Balaban J connectivity index is 1.80. The van der Waals surface area contributed by atoms with Gasteiger partial charge in [-0.1, -0.05) is 23.2 Å². The molecule has 1 amide bonds. The zero-order chi connectivity index (χ0) is 19.8. The van der Waals surface area contributed by atoms with E-state index >= 15 is 0 Å². The van der Waals surface area contributed by atoms with Crippen molar-refractivity contribution in [1.82, 2.24) is 0 Å². The molecule has 0 unspecified atom stereocenters. The summed E-state index contributed by atoms with van der Waals surface area (Å²) >= 11 is 11.7. The molecule has 0 spiro atoms. The molecule has 7 nitrogen and oxygen atoms in total. The van der Waals surface area contributed by atoms with E-state index in [1.165, 1.54) is 47.4 Å². The lowest BCUT2D eigenvalue weighted by molar-refractivity contribution is -0.141. The SMILES string of the molecule is O=C(O)[C@H]1CC(=O)N(c2ccc(S(=O)(=O)Nc3cc(Cl)cc(Cl)c3)cc2)C1. The van der Waals surface area contributed by atoms with Crippen LogP contribution in [0, 0.1) is 5.92 Å². The summed E-state index contributed by atoms with van der Waals surface area (Å²) in [7, 11) is -3.89. The second-order valence-corrected chi connectivity index (χ2v) is 8.56. The van der Waals surface area contributed by atoms with Gasteiger partial charge < -0.3 is 10.0 Å². The Kier molecular flexibility index (Phi) is 5.32. The fourth-order valence-electron chi connectivity index (χ4n) is 2.75. The van der Waals surface area contributed by atoms with E-state index in [1.807, 2.05) is 0 Å². The van der Waals surface area contributed by atoms with Gasteiger partial charge in [-0.2, -0.15) is 0 Å². The molecule has 27 heavy (non-hydrogen) atoms. The molecular formula is C17H14Cl2N2O5S. The minimum absolute atomic E-state index is 0.0243. The molecule has 1 aliphatic rings. The molecule has 2 aromatic carbocycles. The van der Waals surface area contributed by atoms with Crippen molar-refractivity contribution in [2.75, 3.05) is 16.2 Å². The molecule has 142 valence electrons. The molecule has 1 atom stereocenters. The second-order valence-electron chi connectivity index (χ2n) is 6.00. The minimum atomic E-state index is -3.89. The Morgan fingerprint density at radius 3 is 2.22 bits per heavy atom. The first-order valence-corrected chi connectivity index (χ1v) is 10.0. The van der Waals surface area contributed by atoms with E-state index in [9.17, 15) is 18.0 Å². The Morgan fingerprint density at radius 2 is 1.70 bits per heavy atom. The van der Waals surface area contributed by atoms with E-state index in [0.717, 1.165) is 0 Å². The van der Waals surface area contributed by atoms with E-state index in [0.29, 0.717) is 5.69 Å². The zero-order valence-corrected chi connectivity index (χ0v) is 16.1. The van der Waals surface area contributed by atoms with Gasteiger partial charge in [0, 0.05) is 28.7 Å². The monoisotopic (exact) mass is 428 g/mol. The first-order chi connectivity index (χ1) is 12.7. The number of halogens is 2. The number of hydrogen-bond donors (Lipinski definition) is 2. The smallest absolute Gasteiger partial charge is 0.308 e. The molecule has 2 N–H and O–H groups in total. The second kappa shape index (κ2) is 7.38. The normalized spacial score (nSPS) is 17.2. The first kappa shape index (κ1) is 19.5. The number of rotatable bonds is 5. The number of sulfonamides is 1. The van der Waals surface area contributed by atoms with Crippen LogP contribution < -0.4 is 9.62 Å². The van der Waals surface area contributed by atoms with Crippen molar-refractivity contribution in [1.29, 1.82) is 0 Å². The van der Waals surface area contributed by atoms with Gasteiger partial charge in [0.2, 0.25) is 5.91 Å². The third-order valence-corrected chi connectivity index (χ3v) is 5.88. The quantitative estimate of drug-likeness (QED) is 0.760. The van der Waals surface area contributed by atoms with Crippen LogP contribution in [0.5, 0.6) is 0 Å². The molecule has 1 saturated heterocycles. The van der Waals surface area contributed by atoms with Crippen LogP contribution in [0.3, 0.4) is 0 Å². The van der Waals surface area contributed by atoms with Crippen molar-refractivity contribution in [3.05, 3.63) is 52.5 Å². The van der Waals surface area contributed by atoms with Crippen molar-refractivity contribution in [3.8, 4) is 0 Å². The van der Waals surface area contributed by atoms with Crippen LogP contribution in [0.2, 0.25) is 10.0 Å². The number of benzene rings is 2. The summed E-state index contributed by atoms with van der Waals surface area (Å²) in [6.07, 6.45) is -0.0769. The number of anilines is 2. The minimum Gasteiger partial charge on any atom is -0.481 e. The fraction of sp³-hybridized carbons (Fsp3) is 0.176. The molecular weight excluding hydrogens is 415 g/mol. The van der Waals surface area contributed by atoms with Crippen molar-refractivity contribution in [2.45, 2.75) is 11.3 Å². The predicted octanol–water partition coefficient (Wildman–Crippen LogP) is 3.23. The summed E-state index contributed by atoms with van der Waals surface area (Å²) in [5.41, 5.74) is 0.657. The lowest BCUT2D eigenvalue weighted by Crippen LogP contribution is -2.25. The maximum Gasteiger partial charge on any atom is 0.308 e. The van der Waals surface area contributed by atoms with Gasteiger partial charge in [0.25, 0.3) is 10.0 Å². The van der Waals surface area contributed by atoms with Gasteiger partial charge in [-0.15, -0.1) is 0 Å². The van der Waals surface area contributed by atoms with Gasteiger partial charge in [0.1, 0.15) is 0 Å². The summed E-state index contributed by atoms with van der Waals surface area (Å²) in [5, 5.41) is 9.62. The van der Waals surface area contributed by atoms with E-state index in [1.54, 1.807) is 0 Å². The van der Waals surface area contributed by atoms with Gasteiger partial charge in [0.15, 0.2) is 0 Å². The highest BCUT2D eigenvalue weighted by Gasteiger charge is 2.35. The van der Waals surface area contributed by atoms with E-state index in [-0.39, 0.29) is 39.5 Å². The van der Waals surface area contributed by atoms with Crippen LogP contribution in [0.15, 0.2) is 47.4 Å². The molecule has 0 aromatic heterocycles. The molecule has 1 fully saturated rings. The van der Waals surface area contributed by atoms with Crippen LogP contribution in [-0.4, -0.2) is 31.9 Å².